The second-order valence-corrected chi connectivity index (χ2v) is 5.40. The monoisotopic (exact) mass is 340 g/mol. The molecule has 0 fully saturated rings. The molecule has 0 aliphatic carbocycles. The summed E-state index contributed by atoms with van der Waals surface area (Å²) in [5, 5.41) is 7.57. The van der Waals surface area contributed by atoms with Gasteiger partial charge in [0.1, 0.15) is 5.69 Å². The fraction of sp³-hybridized carbons (Fsp3) is 0.438. The largest absolute Gasteiger partial charge is 0.418 e. The maximum atomic E-state index is 13.4. The third kappa shape index (κ3) is 3.42. The van der Waals surface area contributed by atoms with E-state index in [0.29, 0.717) is 12.8 Å². The third-order valence-electron chi connectivity index (χ3n) is 4.00. The molecule has 2 rings (SSSR count). The van der Waals surface area contributed by atoms with E-state index in [1.807, 2.05) is 13.8 Å². The Kier molecular flexibility index (Phi) is 5.26. The van der Waals surface area contributed by atoms with Crippen molar-refractivity contribution in [3.63, 3.8) is 0 Å². The van der Waals surface area contributed by atoms with Gasteiger partial charge in [0.15, 0.2) is 0 Å². The zero-order valence-electron chi connectivity index (χ0n) is 13.7. The lowest BCUT2D eigenvalue weighted by atomic mass is 10.0. The van der Waals surface area contributed by atoms with E-state index in [0.717, 1.165) is 10.9 Å². The second kappa shape index (κ2) is 7.02. The molecule has 0 unspecified atom stereocenters. The molecule has 0 radical (unpaired) electrons. The number of benzene rings is 1. The average Bonchev–Trinajstić information content (AvgIpc) is 3.07. The average molecular weight is 340 g/mol. The summed E-state index contributed by atoms with van der Waals surface area (Å²) in [5.74, 6) is -0.484. The molecule has 1 amide bonds. The van der Waals surface area contributed by atoms with Crippen LogP contribution in [0.3, 0.4) is 0 Å². The molecule has 1 aromatic heterocycles. The van der Waals surface area contributed by atoms with Gasteiger partial charge in [-0.2, -0.15) is 28.2 Å². The van der Waals surface area contributed by atoms with Gasteiger partial charge in [-0.05, 0) is 25.0 Å². The first-order valence-electron chi connectivity index (χ1n) is 7.65. The fourth-order valence-electron chi connectivity index (χ4n) is 2.68. The summed E-state index contributed by atoms with van der Waals surface area (Å²) in [7, 11) is 1.60. The molecular formula is C16H19F3N4O. The SMILES string of the molecule is CCC(CC)N(C)C(=O)c1cccc(C(F)(F)F)c1-n1nccn1. The molecule has 24 heavy (non-hydrogen) atoms. The second-order valence-electron chi connectivity index (χ2n) is 5.40. The van der Waals surface area contributed by atoms with Crippen LogP contribution in [0.4, 0.5) is 13.2 Å². The highest BCUT2D eigenvalue weighted by Gasteiger charge is 2.37. The molecule has 1 heterocycles. The summed E-state index contributed by atoms with van der Waals surface area (Å²) < 4.78 is 40.1. The fourth-order valence-corrected chi connectivity index (χ4v) is 2.68. The van der Waals surface area contributed by atoms with Gasteiger partial charge in [-0.15, -0.1) is 0 Å². The van der Waals surface area contributed by atoms with Crippen LogP contribution in [0.5, 0.6) is 0 Å². The quantitative estimate of drug-likeness (QED) is 0.836. The number of halogens is 3. The van der Waals surface area contributed by atoms with E-state index in [2.05, 4.69) is 10.2 Å². The summed E-state index contributed by atoms with van der Waals surface area (Å²) in [6, 6.07) is 3.47. The summed E-state index contributed by atoms with van der Waals surface area (Å²) in [6.07, 6.45) is -0.648. The van der Waals surface area contributed by atoms with Crippen molar-refractivity contribution in [2.45, 2.75) is 38.9 Å². The van der Waals surface area contributed by atoms with Crippen molar-refractivity contribution >= 4 is 5.91 Å². The van der Waals surface area contributed by atoms with Crippen molar-refractivity contribution in [1.29, 1.82) is 0 Å². The van der Waals surface area contributed by atoms with Crippen LogP contribution >= 0.6 is 0 Å². The van der Waals surface area contributed by atoms with Crippen molar-refractivity contribution in [3.8, 4) is 5.69 Å². The molecule has 0 atom stereocenters. The van der Waals surface area contributed by atoms with Crippen LogP contribution < -0.4 is 0 Å². The maximum Gasteiger partial charge on any atom is 0.418 e. The molecule has 0 saturated heterocycles. The molecule has 0 saturated carbocycles. The minimum Gasteiger partial charge on any atom is -0.339 e. The first kappa shape index (κ1) is 18.0. The lowest BCUT2D eigenvalue weighted by Crippen LogP contribution is -2.37. The van der Waals surface area contributed by atoms with Crippen molar-refractivity contribution in [2.24, 2.45) is 0 Å². The van der Waals surface area contributed by atoms with E-state index in [1.54, 1.807) is 7.05 Å². The number of rotatable bonds is 5. The van der Waals surface area contributed by atoms with Crippen LogP contribution in [-0.2, 0) is 6.18 Å². The molecule has 0 spiro atoms. The van der Waals surface area contributed by atoms with E-state index in [9.17, 15) is 18.0 Å². The van der Waals surface area contributed by atoms with E-state index in [4.69, 9.17) is 0 Å². The zero-order chi connectivity index (χ0) is 17.9. The van der Waals surface area contributed by atoms with Crippen molar-refractivity contribution in [1.82, 2.24) is 19.9 Å². The standard InChI is InChI=1S/C16H19F3N4O/c1-4-11(5-2)22(3)15(24)12-7-6-8-13(16(17,18)19)14(12)23-20-9-10-21-23/h6-11H,4-5H2,1-3H3. The Bertz CT molecular complexity index is 694. The topological polar surface area (TPSA) is 51.0 Å². The zero-order valence-corrected chi connectivity index (χ0v) is 13.7. The summed E-state index contributed by atoms with van der Waals surface area (Å²) in [4.78, 5) is 15.1. The van der Waals surface area contributed by atoms with Gasteiger partial charge in [0.25, 0.3) is 5.91 Å². The Morgan fingerprint density at radius 1 is 1.21 bits per heavy atom. The van der Waals surface area contributed by atoms with Crippen molar-refractivity contribution in [2.75, 3.05) is 7.05 Å². The number of carbonyl (C=O) groups is 1. The number of para-hydroxylation sites is 1. The van der Waals surface area contributed by atoms with Crippen LogP contribution in [0, 0.1) is 0 Å². The lowest BCUT2D eigenvalue weighted by Gasteiger charge is -2.27. The molecule has 2 aromatic rings. The van der Waals surface area contributed by atoms with E-state index >= 15 is 0 Å². The molecule has 1 aromatic carbocycles. The Morgan fingerprint density at radius 2 is 1.79 bits per heavy atom. The molecule has 0 N–H and O–H groups in total. The van der Waals surface area contributed by atoms with E-state index in [1.165, 1.54) is 29.4 Å². The number of hydrogen-bond donors (Lipinski definition) is 0. The van der Waals surface area contributed by atoms with Gasteiger partial charge in [-0.3, -0.25) is 4.79 Å². The predicted octanol–water partition coefficient (Wildman–Crippen LogP) is 3.55. The molecule has 5 nitrogen and oxygen atoms in total. The van der Waals surface area contributed by atoms with Crippen LogP contribution in [0.25, 0.3) is 5.69 Å². The van der Waals surface area contributed by atoms with Crippen molar-refractivity contribution in [3.05, 3.63) is 41.7 Å². The molecule has 0 aliphatic rings. The number of amides is 1. The van der Waals surface area contributed by atoms with Gasteiger partial charge in [-0.1, -0.05) is 19.9 Å². The number of nitrogens with zero attached hydrogens (tertiary/aromatic N) is 4. The van der Waals surface area contributed by atoms with Crippen LogP contribution in [-0.4, -0.2) is 38.9 Å². The Morgan fingerprint density at radius 3 is 2.29 bits per heavy atom. The van der Waals surface area contributed by atoms with Crippen LogP contribution in [0.15, 0.2) is 30.6 Å². The highest BCUT2D eigenvalue weighted by Crippen LogP contribution is 2.35. The molecule has 0 bridgehead atoms. The Hall–Kier alpha value is -2.38. The summed E-state index contributed by atoms with van der Waals surface area (Å²) >= 11 is 0. The van der Waals surface area contributed by atoms with Gasteiger partial charge >= 0.3 is 6.18 Å². The van der Waals surface area contributed by atoms with Gasteiger partial charge in [0.05, 0.1) is 23.5 Å². The maximum absolute atomic E-state index is 13.4. The highest BCUT2D eigenvalue weighted by atomic mass is 19.4. The summed E-state index contributed by atoms with van der Waals surface area (Å²) in [6.45, 7) is 3.86. The molecular weight excluding hydrogens is 321 g/mol. The van der Waals surface area contributed by atoms with Gasteiger partial charge < -0.3 is 4.90 Å². The lowest BCUT2D eigenvalue weighted by molar-refractivity contribution is -0.137. The molecule has 0 aliphatic heterocycles. The number of aromatic nitrogens is 3. The number of alkyl halides is 3. The summed E-state index contributed by atoms with van der Waals surface area (Å²) in [5.41, 5.74) is -1.37. The number of carbonyl (C=O) groups excluding carboxylic acids is 1. The highest BCUT2D eigenvalue weighted by molar-refractivity contribution is 5.98. The van der Waals surface area contributed by atoms with Gasteiger partial charge in [-0.25, -0.2) is 0 Å². The van der Waals surface area contributed by atoms with E-state index in [-0.39, 0.29) is 17.3 Å². The first-order valence-corrected chi connectivity index (χ1v) is 7.65. The van der Waals surface area contributed by atoms with Crippen molar-refractivity contribution < 1.29 is 18.0 Å². The minimum absolute atomic E-state index is 0.0505. The minimum atomic E-state index is -4.62. The first-order chi connectivity index (χ1) is 11.3. The third-order valence-corrected chi connectivity index (χ3v) is 4.00. The molecule has 130 valence electrons. The Labute approximate surface area is 138 Å². The van der Waals surface area contributed by atoms with E-state index < -0.39 is 17.6 Å². The molecule has 8 heteroatoms. The normalized spacial score (nSPS) is 11.8. The van der Waals surface area contributed by atoms with Crippen LogP contribution in [0.2, 0.25) is 0 Å². The Balaban J connectivity index is 2.60. The number of hydrogen-bond acceptors (Lipinski definition) is 3. The van der Waals surface area contributed by atoms with Gasteiger partial charge in [0.2, 0.25) is 0 Å². The smallest absolute Gasteiger partial charge is 0.339 e. The predicted molar refractivity (Wildman–Crippen MR) is 82.8 cm³/mol. The van der Waals surface area contributed by atoms with Gasteiger partial charge in [0, 0.05) is 13.1 Å². The van der Waals surface area contributed by atoms with Crippen LogP contribution in [0.1, 0.15) is 42.6 Å².